The van der Waals surface area contributed by atoms with Gasteiger partial charge in [0.25, 0.3) is 0 Å². The number of nitrogens with zero attached hydrogens (tertiary/aromatic N) is 1. The number of carboxylic acid groups (broad SMARTS) is 1. The summed E-state index contributed by atoms with van der Waals surface area (Å²) >= 11 is 0. The van der Waals surface area contributed by atoms with Gasteiger partial charge in [0.15, 0.2) is 0 Å². The van der Waals surface area contributed by atoms with Gasteiger partial charge in [-0.25, -0.2) is 0 Å². The summed E-state index contributed by atoms with van der Waals surface area (Å²) in [5.41, 5.74) is 1.24. The molecule has 1 atom stereocenters. The number of likely N-dealkylation sites (tertiary alicyclic amines) is 1. The van der Waals surface area contributed by atoms with E-state index in [0.717, 1.165) is 19.5 Å². The molecule has 2 rings (SSSR count). The van der Waals surface area contributed by atoms with Crippen molar-refractivity contribution < 1.29 is 14.7 Å². The Morgan fingerprint density at radius 3 is 2.75 bits per heavy atom. The lowest BCUT2D eigenvalue weighted by Crippen LogP contribution is -2.30. The Kier molecular flexibility index (Phi) is 5.30. The molecule has 1 unspecified atom stereocenters. The maximum absolute atomic E-state index is 12.0. The molecule has 1 aromatic carbocycles. The number of aliphatic carboxylic acids is 1. The van der Waals surface area contributed by atoms with Crippen molar-refractivity contribution in [3.8, 4) is 0 Å². The van der Waals surface area contributed by atoms with Crippen LogP contribution in [0.5, 0.6) is 0 Å². The van der Waals surface area contributed by atoms with E-state index in [0.29, 0.717) is 19.4 Å². The van der Waals surface area contributed by atoms with Crippen LogP contribution in [0.4, 0.5) is 0 Å². The predicted molar refractivity (Wildman–Crippen MR) is 76.3 cm³/mol. The number of hydrogen-bond donors (Lipinski definition) is 1. The van der Waals surface area contributed by atoms with Crippen molar-refractivity contribution in [2.75, 3.05) is 13.1 Å². The van der Waals surface area contributed by atoms with Gasteiger partial charge in [0.1, 0.15) is 5.78 Å². The second-order valence-corrected chi connectivity index (χ2v) is 5.42. The van der Waals surface area contributed by atoms with E-state index in [2.05, 4.69) is 17.0 Å². The number of benzene rings is 1. The summed E-state index contributed by atoms with van der Waals surface area (Å²) in [6, 6.07) is 10.2. The Hall–Kier alpha value is -1.68. The Morgan fingerprint density at radius 2 is 2.05 bits per heavy atom. The van der Waals surface area contributed by atoms with Gasteiger partial charge in [-0.05, 0) is 24.9 Å². The average molecular weight is 275 g/mol. The summed E-state index contributed by atoms with van der Waals surface area (Å²) in [5.74, 6) is -0.726. The summed E-state index contributed by atoms with van der Waals surface area (Å²) < 4.78 is 0. The summed E-state index contributed by atoms with van der Waals surface area (Å²) in [6.07, 6.45) is 1.99. The summed E-state index contributed by atoms with van der Waals surface area (Å²) in [6.45, 7) is 2.42. The van der Waals surface area contributed by atoms with E-state index in [1.807, 2.05) is 18.2 Å². The molecule has 1 aromatic rings. The number of carboxylic acids is 1. The van der Waals surface area contributed by atoms with Gasteiger partial charge in [-0.3, -0.25) is 14.5 Å². The molecule has 0 saturated carbocycles. The largest absolute Gasteiger partial charge is 0.481 e. The van der Waals surface area contributed by atoms with Crippen LogP contribution in [0.2, 0.25) is 0 Å². The standard InChI is InChI=1S/C16H21NO3/c18-15-7-4-10-17(11-13-5-2-1-3-6-13)12-14(15)8-9-16(19)20/h1-3,5-6,14H,4,7-12H2,(H,19,20). The van der Waals surface area contributed by atoms with Crippen molar-refractivity contribution in [2.24, 2.45) is 5.92 Å². The molecule has 1 saturated heterocycles. The molecule has 0 spiro atoms. The van der Waals surface area contributed by atoms with Crippen molar-refractivity contribution >= 4 is 11.8 Å². The monoisotopic (exact) mass is 275 g/mol. The van der Waals surface area contributed by atoms with E-state index >= 15 is 0 Å². The van der Waals surface area contributed by atoms with E-state index in [1.165, 1.54) is 5.56 Å². The molecule has 0 bridgehead atoms. The molecule has 4 heteroatoms. The van der Waals surface area contributed by atoms with Gasteiger partial charge in [0.05, 0.1) is 0 Å². The molecule has 0 amide bonds. The first-order valence-electron chi connectivity index (χ1n) is 7.16. The first-order valence-corrected chi connectivity index (χ1v) is 7.16. The van der Waals surface area contributed by atoms with Crippen LogP contribution in [-0.4, -0.2) is 34.8 Å². The van der Waals surface area contributed by atoms with Gasteiger partial charge >= 0.3 is 5.97 Å². The summed E-state index contributed by atoms with van der Waals surface area (Å²) in [5, 5.41) is 8.78. The summed E-state index contributed by atoms with van der Waals surface area (Å²) in [4.78, 5) is 25.0. The molecular formula is C16H21NO3. The molecule has 20 heavy (non-hydrogen) atoms. The fourth-order valence-corrected chi connectivity index (χ4v) is 2.72. The van der Waals surface area contributed by atoms with Crippen molar-refractivity contribution in [3.05, 3.63) is 35.9 Å². The van der Waals surface area contributed by atoms with Gasteiger partial charge in [-0.1, -0.05) is 30.3 Å². The molecule has 1 N–H and O–H groups in total. The Labute approximate surface area is 119 Å². The van der Waals surface area contributed by atoms with E-state index in [9.17, 15) is 9.59 Å². The molecule has 1 aliphatic rings. The normalized spacial score (nSPS) is 20.6. The lowest BCUT2D eigenvalue weighted by Gasteiger charge is -2.23. The highest BCUT2D eigenvalue weighted by atomic mass is 16.4. The zero-order valence-corrected chi connectivity index (χ0v) is 11.6. The van der Waals surface area contributed by atoms with Gasteiger partial charge in [-0.15, -0.1) is 0 Å². The molecule has 4 nitrogen and oxygen atoms in total. The molecule has 0 radical (unpaired) electrons. The van der Waals surface area contributed by atoms with Crippen molar-refractivity contribution in [3.63, 3.8) is 0 Å². The van der Waals surface area contributed by atoms with Crippen molar-refractivity contribution in [1.82, 2.24) is 4.90 Å². The fourth-order valence-electron chi connectivity index (χ4n) is 2.72. The average Bonchev–Trinajstić information content (AvgIpc) is 2.60. The molecule has 1 aliphatic heterocycles. The van der Waals surface area contributed by atoms with Gasteiger partial charge in [-0.2, -0.15) is 0 Å². The molecule has 0 aliphatic carbocycles. The van der Waals surface area contributed by atoms with Crippen LogP contribution in [0.1, 0.15) is 31.2 Å². The van der Waals surface area contributed by atoms with Crippen LogP contribution in [0, 0.1) is 5.92 Å². The predicted octanol–water partition coefficient (Wildman–Crippen LogP) is 2.33. The van der Waals surface area contributed by atoms with E-state index in [1.54, 1.807) is 0 Å². The second-order valence-electron chi connectivity index (χ2n) is 5.42. The first kappa shape index (κ1) is 14.7. The van der Waals surface area contributed by atoms with Crippen LogP contribution >= 0.6 is 0 Å². The first-order chi connectivity index (χ1) is 9.65. The molecule has 108 valence electrons. The van der Waals surface area contributed by atoms with Crippen LogP contribution in [-0.2, 0) is 16.1 Å². The molecule has 1 heterocycles. The van der Waals surface area contributed by atoms with Gasteiger partial charge in [0, 0.05) is 31.8 Å². The Balaban J connectivity index is 1.96. The van der Waals surface area contributed by atoms with E-state index in [-0.39, 0.29) is 18.1 Å². The van der Waals surface area contributed by atoms with E-state index in [4.69, 9.17) is 5.11 Å². The lowest BCUT2D eigenvalue weighted by atomic mass is 9.96. The molecular weight excluding hydrogens is 254 g/mol. The quantitative estimate of drug-likeness (QED) is 0.896. The number of hydrogen-bond acceptors (Lipinski definition) is 3. The number of rotatable bonds is 5. The topological polar surface area (TPSA) is 57.6 Å². The van der Waals surface area contributed by atoms with E-state index < -0.39 is 5.97 Å². The lowest BCUT2D eigenvalue weighted by molar-refractivity contribution is -0.137. The zero-order chi connectivity index (χ0) is 14.4. The van der Waals surface area contributed by atoms with Crippen LogP contribution < -0.4 is 0 Å². The third-order valence-electron chi connectivity index (χ3n) is 3.79. The second kappa shape index (κ2) is 7.20. The van der Waals surface area contributed by atoms with Gasteiger partial charge < -0.3 is 5.11 Å². The van der Waals surface area contributed by atoms with Crippen molar-refractivity contribution in [1.29, 1.82) is 0 Å². The van der Waals surface area contributed by atoms with Crippen molar-refractivity contribution in [2.45, 2.75) is 32.2 Å². The SMILES string of the molecule is O=C(O)CCC1CN(Cc2ccccc2)CCCC1=O. The van der Waals surface area contributed by atoms with Crippen LogP contribution in [0.3, 0.4) is 0 Å². The third kappa shape index (κ3) is 4.46. The third-order valence-corrected chi connectivity index (χ3v) is 3.79. The number of carbonyl (C=O) groups is 2. The highest BCUT2D eigenvalue weighted by Crippen LogP contribution is 2.19. The smallest absolute Gasteiger partial charge is 0.303 e. The van der Waals surface area contributed by atoms with Crippen LogP contribution in [0.15, 0.2) is 30.3 Å². The minimum Gasteiger partial charge on any atom is -0.481 e. The van der Waals surface area contributed by atoms with Gasteiger partial charge in [0.2, 0.25) is 0 Å². The van der Waals surface area contributed by atoms with Crippen LogP contribution in [0.25, 0.3) is 0 Å². The fraction of sp³-hybridized carbons (Fsp3) is 0.500. The minimum absolute atomic E-state index is 0.0790. The molecule has 1 fully saturated rings. The Morgan fingerprint density at radius 1 is 1.30 bits per heavy atom. The number of ketones is 1. The highest BCUT2D eigenvalue weighted by Gasteiger charge is 2.25. The minimum atomic E-state index is -0.823. The number of carbonyl (C=O) groups excluding carboxylic acids is 1. The maximum atomic E-state index is 12.0. The Bertz CT molecular complexity index is 458. The maximum Gasteiger partial charge on any atom is 0.303 e. The number of Topliss-reactive ketones (excluding diaryl/α,β-unsaturated/α-hetero) is 1. The highest BCUT2D eigenvalue weighted by molar-refractivity contribution is 5.82. The zero-order valence-electron chi connectivity index (χ0n) is 11.6. The summed E-state index contributed by atoms with van der Waals surface area (Å²) in [7, 11) is 0. The molecule has 0 aromatic heterocycles.